The Hall–Kier alpha value is -5.06. The van der Waals surface area contributed by atoms with Gasteiger partial charge >= 0.3 is 5.97 Å². The van der Waals surface area contributed by atoms with Crippen molar-refractivity contribution in [2.75, 3.05) is 24.6 Å². The molecule has 0 aliphatic carbocycles. The molecule has 4 heterocycles. The summed E-state index contributed by atoms with van der Waals surface area (Å²) in [6, 6.07) is 22.5. The molecule has 0 aromatic heterocycles. The maximum absolute atomic E-state index is 15.1. The number of ether oxygens (including phenoxy) is 2. The summed E-state index contributed by atoms with van der Waals surface area (Å²) < 4.78 is 13.1. The zero-order chi connectivity index (χ0) is 35.7. The van der Waals surface area contributed by atoms with Crippen molar-refractivity contribution < 1.29 is 33.8 Å². The summed E-state index contributed by atoms with van der Waals surface area (Å²) >= 11 is 0. The molecule has 0 unspecified atom stereocenters. The predicted molar refractivity (Wildman–Crippen MR) is 190 cm³/mol. The third kappa shape index (κ3) is 6.27. The molecule has 3 amide bonds. The number of aryl methyl sites for hydroxylation is 2. The number of carbonyl (C=O) groups is 4. The number of nitrogens with zero attached hydrogens (tertiary/aromatic N) is 2. The van der Waals surface area contributed by atoms with E-state index in [9.17, 15) is 14.7 Å². The summed E-state index contributed by atoms with van der Waals surface area (Å²) in [5.74, 6) is -3.88. The highest BCUT2D eigenvalue weighted by atomic mass is 16.6. The SMILES string of the molecule is Cc1cccc(C)c1N1CC=C[C@@]23O[C@H]4/C=C\CCC(=O)NC[C@H](c5ccccc5)OC(=O)[C@H]4[C@@H]2C(=O)N([C@@H](CO)Cc2ccccc2)[C@H]3C1=O. The van der Waals surface area contributed by atoms with Crippen LogP contribution in [0.5, 0.6) is 0 Å². The minimum absolute atomic E-state index is 0.0574. The number of carbonyl (C=O) groups excluding carboxylic acids is 4. The number of benzene rings is 3. The summed E-state index contributed by atoms with van der Waals surface area (Å²) in [5, 5.41) is 13.8. The normalized spacial score (nSPS) is 29.1. The Labute approximate surface area is 297 Å². The lowest BCUT2D eigenvalue weighted by Gasteiger charge is -2.39. The molecule has 3 aromatic rings. The minimum atomic E-state index is -1.54. The summed E-state index contributed by atoms with van der Waals surface area (Å²) in [7, 11) is 0. The largest absolute Gasteiger partial charge is 0.455 e. The molecule has 0 radical (unpaired) electrons. The van der Waals surface area contributed by atoms with Crippen LogP contribution in [-0.4, -0.2) is 77.2 Å². The number of hydrogen-bond acceptors (Lipinski definition) is 7. The standard InChI is InChI=1S/C41H43N3O7/c1-26-13-11-14-27(2)36(26)43-22-12-21-41-35(38(47)44(37(41)39(43)48)30(25-45)23-28-15-5-3-6-16-28)34-31(51-41)19-9-10-20-33(46)42-24-32(50-40(34)49)29-17-7-4-8-18-29/h3-9,11-19,21,30-32,34-35,37,45H,10,20,22-25H2,1-2H3,(H,42,46)/b19-9-/t30-,31+,32-,34-,35-,37+,41-/m1/s1. The Balaban J connectivity index is 1.35. The second-order valence-electron chi connectivity index (χ2n) is 13.8. The Bertz CT molecular complexity index is 1840. The van der Waals surface area contributed by atoms with E-state index in [1.165, 1.54) is 4.90 Å². The Morgan fingerprint density at radius 3 is 2.31 bits per heavy atom. The monoisotopic (exact) mass is 689 g/mol. The van der Waals surface area contributed by atoms with E-state index < -0.39 is 60.2 Å². The van der Waals surface area contributed by atoms with Gasteiger partial charge < -0.3 is 29.7 Å². The van der Waals surface area contributed by atoms with Gasteiger partial charge in [0.05, 0.1) is 31.2 Å². The molecule has 264 valence electrons. The lowest BCUT2D eigenvalue weighted by atomic mass is 9.77. The van der Waals surface area contributed by atoms with Crippen molar-refractivity contribution in [1.82, 2.24) is 10.2 Å². The zero-order valence-electron chi connectivity index (χ0n) is 28.8. The second-order valence-corrected chi connectivity index (χ2v) is 13.8. The molecule has 0 saturated carbocycles. The fourth-order valence-corrected chi connectivity index (χ4v) is 8.31. The van der Waals surface area contributed by atoms with Crippen LogP contribution in [0.15, 0.2) is 103 Å². The number of cyclic esters (lactones) is 1. The third-order valence-electron chi connectivity index (χ3n) is 10.6. The lowest BCUT2D eigenvalue weighted by Crippen LogP contribution is -2.58. The minimum Gasteiger partial charge on any atom is -0.455 e. The first-order valence-electron chi connectivity index (χ1n) is 17.6. The molecule has 0 bridgehead atoms. The lowest BCUT2D eigenvalue weighted by molar-refractivity contribution is -0.160. The van der Waals surface area contributed by atoms with Gasteiger partial charge in [0.2, 0.25) is 11.8 Å². The molecular formula is C41H43N3O7. The highest BCUT2D eigenvalue weighted by Gasteiger charge is 2.72. The number of fused-ring (bicyclic) bond motifs is 2. The highest BCUT2D eigenvalue weighted by molar-refractivity contribution is 6.06. The average Bonchev–Trinajstić information content (AvgIpc) is 3.53. The molecule has 4 aliphatic rings. The third-order valence-corrected chi connectivity index (χ3v) is 10.6. The van der Waals surface area contributed by atoms with E-state index in [-0.39, 0.29) is 37.7 Å². The average molecular weight is 690 g/mol. The molecule has 2 N–H and O–H groups in total. The molecule has 4 aliphatic heterocycles. The van der Waals surface area contributed by atoms with Gasteiger partial charge in [-0.15, -0.1) is 0 Å². The Morgan fingerprint density at radius 2 is 1.61 bits per heavy atom. The van der Waals surface area contributed by atoms with Crippen molar-refractivity contribution in [2.45, 2.75) is 63.0 Å². The van der Waals surface area contributed by atoms with Crippen molar-refractivity contribution in [3.8, 4) is 0 Å². The number of aliphatic hydroxyl groups excluding tert-OH is 1. The fraction of sp³-hybridized carbons (Fsp3) is 0.366. The van der Waals surface area contributed by atoms with E-state index in [1.54, 1.807) is 23.1 Å². The number of aliphatic hydroxyl groups is 1. The number of amides is 3. The van der Waals surface area contributed by atoms with Crippen LogP contribution in [0.3, 0.4) is 0 Å². The van der Waals surface area contributed by atoms with Gasteiger partial charge in [0.1, 0.15) is 23.7 Å². The van der Waals surface area contributed by atoms with Crippen LogP contribution in [0, 0.1) is 25.7 Å². The fourth-order valence-electron chi connectivity index (χ4n) is 8.31. The molecule has 2 saturated heterocycles. The van der Waals surface area contributed by atoms with E-state index in [4.69, 9.17) is 9.47 Å². The van der Waals surface area contributed by atoms with Crippen LogP contribution < -0.4 is 10.2 Å². The van der Waals surface area contributed by atoms with Gasteiger partial charge in [0.25, 0.3) is 5.91 Å². The van der Waals surface area contributed by atoms with Gasteiger partial charge in [0, 0.05) is 18.7 Å². The van der Waals surface area contributed by atoms with Crippen molar-refractivity contribution in [3.63, 3.8) is 0 Å². The number of nitrogens with one attached hydrogen (secondary N) is 1. The first kappa shape index (κ1) is 34.4. The number of likely N-dealkylation sites (tertiary alicyclic amines) is 1. The van der Waals surface area contributed by atoms with Gasteiger partial charge in [-0.1, -0.05) is 103 Å². The maximum atomic E-state index is 15.1. The van der Waals surface area contributed by atoms with E-state index >= 15 is 9.59 Å². The molecule has 10 heteroatoms. The number of hydrogen-bond donors (Lipinski definition) is 2. The van der Waals surface area contributed by atoms with Crippen LogP contribution in [0.4, 0.5) is 5.69 Å². The molecule has 7 atom stereocenters. The van der Waals surface area contributed by atoms with Crippen molar-refractivity contribution in [1.29, 1.82) is 0 Å². The predicted octanol–water partition coefficient (Wildman–Crippen LogP) is 4.14. The van der Waals surface area contributed by atoms with E-state index in [0.717, 1.165) is 22.4 Å². The number of allylic oxidation sites excluding steroid dienone is 1. The second kappa shape index (κ2) is 14.3. The van der Waals surface area contributed by atoms with Crippen molar-refractivity contribution in [2.24, 2.45) is 11.8 Å². The van der Waals surface area contributed by atoms with Gasteiger partial charge in [0.15, 0.2) is 0 Å². The summed E-state index contributed by atoms with van der Waals surface area (Å²) in [4.78, 5) is 60.6. The van der Waals surface area contributed by atoms with Gasteiger partial charge in [-0.05, 0) is 48.9 Å². The topological polar surface area (TPSA) is 125 Å². The summed E-state index contributed by atoms with van der Waals surface area (Å²) in [6.07, 6.45) is 6.30. The van der Waals surface area contributed by atoms with Gasteiger partial charge in [-0.25, -0.2) is 0 Å². The smallest absolute Gasteiger partial charge is 0.313 e. The molecular weight excluding hydrogens is 646 g/mol. The van der Waals surface area contributed by atoms with Crippen LogP contribution in [0.25, 0.3) is 0 Å². The molecule has 7 rings (SSSR count). The zero-order valence-corrected chi connectivity index (χ0v) is 28.8. The summed E-state index contributed by atoms with van der Waals surface area (Å²) in [6.45, 7) is 3.76. The van der Waals surface area contributed by atoms with Crippen molar-refractivity contribution in [3.05, 3.63) is 125 Å². The first-order chi connectivity index (χ1) is 24.7. The molecule has 3 aromatic carbocycles. The van der Waals surface area contributed by atoms with Crippen LogP contribution >= 0.6 is 0 Å². The molecule has 10 nitrogen and oxygen atoms in total. The summed E-state index contributed by atoms with van der Waals surface area (Å²) in [5.41, 5.74) is 2.59. The van der Waals surface area contributed by atoms with E-state index in [1.807, 2.05) is 98.8 Å². The Morgan fingerprint density at radius 1 is 0.902 bits per heavy atom. The molecule has 2 fully saturated rings. The van der Waals surface area contributed by atoms with E-state index in [2.05, 4.69) is 5.32 Å². The number of para-hydroxylation sites is 1. The number of esters is 1. The highest BCUT2D eigenvalue weighted by Crippen LogP contribution is 2.54. The van der Waals surface area contributed by atoms with Gasteiger partial charge in [-0.2, -0.15) is 0 Å². The van der Waals surface area contributed by atoms with Crippen LogP contribution in [0.2, 0.25) is 0 Å². The number of anilines is 1. The van der Waals surface area contributed by atoms with E-state index in [0.29, 0.717) is 12.0 Å². The Kier molecular flexibility index (Phi) is 9.63. The quantitative estimate of drug-likeness (QED) is 0.295. The molecule has 51 heavy (non-hydrogen) atoms. The van der Waals surface area contributed by atoms with Crippen LogP contribution in [-0.2, 0) is 35.1 Å². The first-order valence-corrected chi connectivity index (χ1v) is 17.6. The number of rotatable bonds is 6. The van der Waals surface area contributed by atoms with Crippen LogP contribution in [0.1, 0.15) is 41.2 Å². The molecule has 1 spiro atoms. The maximum Gasteiger partial charge on any atom is 0.313 e. The van der Waals surface area contributed by atoms with Crippen molar-refractivity contribution >= 4 is 29.4 Å². The van der Waals surface area contributed by atoms with Gasteiger partial charge in [-0.3, -0.25) is 19.2 Å².